The maximum absolute atomic E-state index is 13.9. The number of likely N-dealkylation sites (tertiary alicyclic amines) is 1. The lowest BCUT2D eigenvalue weighted by atomic mass is 10.1. The van der Waals surface area contributed by atoms with E-state index in [9.17, 15) is 4.79 Å². The second-order valence-electron chi connectivity index (χ2n) is 13.2. The quantitative estimate of drug-likeness (QED) is 0.251. The van der Waals surface area contributed by atoms with Crippen LogP contribution in [0.25, 0.3) is 39.1 Å². The number of amides is 1. The number of benzene rings is 2. The van der Waals surface area contributed by atoms with Crippen LogP contribution in [0.15, 0.2) is 79.4 Å². The lowest BCUT2D eigenvalue weighted by Gasteiger charge is -2.27. The van der Waals surface area contributed by atoms with E-state index in [-0.39, 0.29) is 18.0 Å². The molecule has 1 aliphatic heterocycles. The summed E-state index contributed by atoms with van der Waals surface area (Å²) in [6, 6.07) is 18.6. The lowest BCUT2D eigenvalue weighted by molar-refractivity contribution is 0.0700. The molecule has 46 heavy (non-hydrogen) atoms. The Morgan fingerprint density at radius 2 is 1.91 bits per heavy atom. The van der Waals surface area contributed by atoms with Crippen LogP contribution in [0.2, 0.25) is 0 Å². The number of rotatable bonds is 8. The minimum Gasteiger partial charge on any atom is -0.494 e. The summed E-state index contributed by atoms with van der Waals surface area (Å²) in [6.45, 7) is 2.18. The van der Waals surface area contributed by atoms with E-state index in [1.807, 2.05) is 46.2 Å². The number of hydrogen-bond acceptors (Lipinski definition) is 6. The van der Waals surface area contributed by atoms with Gasteiger partial charge in [-0.25, -0.2) is 9.67 Å². The molecular weight excluding hydrogens is 576 g/mol. The van der Waals surface area contributed by atoms with Crippen molar-refractivity contribution >= 4 is 27.8 Å². The van der Waals surface area contributed by atoms with Gasteiger partial charge in [-0.15, -0.1) is 0 Å². The molecule has 1 saturated heterocycles. The number of carbonyl (C=O) groups is 1. The molecule has 2 saturated carbocycles. The predicted octanol–water partition coefficient (Wildman–Crippen LogP) is 5.27. The number of pyridine rings is 1. The van der Waals surface area contributed by atoms with Crippen molar-refractivity contribution in [3.8, 4) is 23.0 Å². The van der Waals surface area contributed by atoms with Gasteiger partial charge in [0.1, 0.15) is 11.3 Å². The number of carbonyl (C=O) groups excluding carboxylic acids is 1. The van der Waals surface area contributed by atoms with E-state index in [4.69, 9.17) is 15.5 Å². The summed E-state index contributed by atoms with van der Waals surface area (Å²) >= 11 is 0. The first kappa shape index (κ1) is 27.4. The molecule has 3 atom stereocenters. The number of para-hydroxylation sites is 1. The third-order valence-electron chi connectivity index (χ3n) is 10.3. The maximum Gasteiger partial charge on any atom is 0.254 e. The second kappa shape index (κ2) is 10.6. The monoisotopic (exact) mass is 612 g/mol. The Morgan fingerprint density at radius 1 is 1.02 bits per heavy atom. The van der Waals surface area contributed by atoms with E-state index in [1.165, 1.54) is 23.7 Å². The van der Waals surface area contributed by atoms with Crippen molar-refractivity contribution in [1.29, 1.82) is 0 Å². The molecule has 3 aliphatic rings. The van der Waals surface area contributed by atoms with Crippen molar-refractivity contribution in [2.45, 2.75) is 50.9 Å². The molecule has 5 heterocycles. The highest BCUT2D eigenvalue weighted by molar-refractivity contribution is 6.00. The summed E-state index contributed by atoms with van der Waals surface area (Å²) in [6.07, 6.45) is 12.0. The first-order chi connectivity index (χ1) is 22.6. The number of fused-ring (bicyclic) bond motifs is 4. The van der Waals surface area contributed by atoms with Crippen LogP contribution >= 0.6 is 0 Å². The van der Waals surface area contributed by atoms with Crippen LogP contribution in [-0.4, -0.2) is 65.4 Å². The summed E-state index contributed by atoms with van der Waals surface area (Å²) < 4.78 is 12.5. The summed E-state index contributed by atoms with van der Waals surface area (Å²) in [5.74, 6) is 2.51. The van der Waals surface area contributed by atoms with Crippen molar-refractivity contribution in [3.05, 3.63) is 90.5 Å². The van der Waals surface area contributed by atoms with E-state index in [0.29, 0.717) is 36.2 Å². The topological polar surface area (TPSA) is 109 Å². The summed E-state index contributed by atoms with van der Waals surface area (Å²) in [5.41, 5.74) is 12.8. The molecule has 2 bridgehead atoms. The van der Waals surface area contributed by atoms with Crippen LogP contribution in [-0.2, 0) is 13.1 Å². The van der Waals surface area contributed by atoms with Crippen molar-refractivity contribution in [3.63, 3.8) is 0 Å². The Balaban J connectivity index is 1.20. The van der Waals surface area contributed by atoms with Crippen molar-refractivity contribution in [2.75, 3.05) is 13.7 Å². The Kier molecular flexibility index (Phi) is 6.28. The molecule has 6 aromatic rings. The molecule has 4 aromatic heterocycles. The zero-order valence-electron chi connectivity index (χ0n) is 25.8. The molecule has 2 aromatic carbocycles. The van der Waals surface area contributed by atoms with Gasteiger partial charge < -0.3 is 24.5 Å². The fraction of sp³-hybridized carbons (Fsp3) is 0.333. The largest absolute Gasteiger partial charge is 0.494 e. The van der Waals surface area contributed by atoms with Gasteiger partial charge in [-0.3, -0.25) is 9.78 Å². The third-order valence-corrected chi connectivity index (χ3v) is 10.3. The number of methoxy groups -OCH3 is 1. The van der Waals surface area contributed by atoms with Crippen molar-refractivity contribution in [1.82, 2.24) is 33.8 Å². The molecule has 10 nitrogen and oxygen atoms in total. The SMILES string of the molecule is COc1cc(C(=O)N2CC3CCC2C3N)cc2nc(-c3cc4ccccc4n3CC3CC3)n(Cc3cnn(-c4cccnc4)c3)c12. The molecular formula is C36H36N8O2. The average molecular weight is 613 g/mol. The van der Waals surface area contributed by atoms with Gasteiger partial charge >= 0.3 is 0 Å². The number of nitrogens with two attached hydrogens (primary N) is 1. The fourth-order valence-corrected chi connectivity index (χ4v) is 7.71. The number of nitrogens with zero attached hydrogens (tertiary/aromatic N) is 7. The number of aromatic nitrogens is 6. The summed E-state index contributed by atoms with van der Waals surface area (Å²) in [5, 5.41) is 5.83. The average Bonchev–Trinajstić information content (AvgIpc) is 3.40. The Bertz CT molecular complexity index is 2110. The smallest absolute Gasteiger partial charge is 0.254 e. The van der Waals surface area contributed by atoms with Crippen LogP contribution in [0.4, 0.5) is 0 Å². The van der Waals surface area contributed by atoms with E-state index < -0.39 is 0 Å². The van der Waals surface area contributed by atoms with Crippen LogP contribution in [0.5, 0.6) is 5.75 Å². The van der Waals surface area contributed by atoms with Gasteiger partial charge in [0.15, 0.2) is 5.82 Å². The molecule has 1 amide bonds. The van der Waals surface area contributed by atoms with Crippen LogP contribution in [0, 0.1) is 11.8 Å². The van der Waals surface area contributed by atoms with Gasteiger partial charge in [-0.1, -0.05) is 18.2 Å². The van der Waals surface area contributed by atoms with Crippen molar-refractivity contribution < 1.29 is 9.53 Å². The Morgan fingerprint density at radius 3 is 2.67 bits per heavy atom. The normalized spacial score (nSPS) is 20.7. The van der Waals surface area contributed by atoms with Crippen molar-refractivity contribution in [2.24, 2.45) is 17.6 Å². The fourth-order valence-electron chi connectivity index (χ4n) is 7.71. The number of hydrogen-bond donors (Lipinski definition) is 1. The molecule has 3 unspecified atom stereocenters. The third kappa shape index (κ3) is 4.42. The first-order valence-corrected chi connectivity index (χ1v) is 16.2. The summed E-state index contributed by atoms with van der Waals surface area (Å²) in [7, 11) is 1.66. The highest BCUT2D eigenvalue weighted by atomic mass is 16.5. The van der Waals surface area contributed by atoms with Crippen LogP contribution in [0.3, 0.4) is 0 Å². The maximum atomic E-state index is 13.9. The molecule has 0 spiro atoms. The van der Waals surface area contributed by atoms with Gasteiger partial charge in [0.2, 0.25) is 0 Å². The second-order valence-corrected chi connectivity index (χ2v) is 13.2. The van der Waals surface area contributed by atoms with Crippen LogP contribution in [0.1, 0.15) is 41.6 Å². The lowest BCUT2D eigenvalue weighted by Crippen LogP contribution is -2.41. The van der Waals surface area contributed by atoms with Crippen LogP contribution < -0.4 is 10.5 Å². The first-order valence-electron chi connectivity index (χ1n) is 16.2. The molecule has 2 aliphatic carbocycles. The van der Waals surface area contributed by atoms with Gasteiger partial charge in [0.25, 0.3) is 5.91 Å². The van der Waals surface area contributed by atoms with Gasteiger partial charge in [0.05, 0.1) is 42.9 Å². The zero-order valence-corrected chi connectivity index (χ0v) is 25.8. The van der Waals surface area contributed by atoms with E-state index in [0.717, 1.165) is 53.2 Å². The molecule has 232 valence electrons. The van der Waals surface area contributed by atoms with E-state index >= 15 is 0 Å². The molecule has 3 fully saturated rings. The zero-order chi connectivity index (χ0) is 30.9. The highest BCUT2D eigenvalue weighted by Crippen LogP contribution is 2.40. The van der Waals surface area contributed by atoms with Gasteiger partial charge in [-0.05, 0) is 73.9 Å². The minimum atomic E-state index is -0.000422. The molecule has 9 rings (SSSR count). The molecule has 0 radical (unpaired) electrons. The van der Waals surface area contributed by atoms with Gasteiger partial charge in [0, 0.05) is 59.6 Å². The number of ether oxygens (including phenoxy) is 1. The highest BCUT2D eigenvalue weighted by Gasteiger charge is 2.47. The summed E-state index contributed by atoms with van der Waals surface area (Å²) in [4.78, 5) is 25.5. The van der Waals surface area contributed by atoms with E-state index in [1.54, 1.807) is 19.5 Å². The number of piperidine rings is 1. The number of imidazole rings is 1. The van der Waals surface area contributed by atoms with Gasteiger partial charge in [-0.2, -0.15) is 5.10 Å². The predicted molar refractivity (Wildman–Crippen MR) is 176 cm³/mol. The molecule has 10 heteroatoms. The Hall–Kier alpha value is -4.96. The van der Waals surface area contributed by atoms with E-state index in [2.05, 4.69) is 49.5 Å². The molecule has 2 N–H and O–H groups in total. The Labute approximate surface area is 266 Å². The standard InChI is InChI=1S/C36H36N8O2/c1-46-32-15-26(36(45)42-21-25-10-11-30(42)33(25)37)13-28-34(32)43(19-23-16-39-44(20-23)27-6-4-12-38-17-27)35(40-28)31-14-24-5-2-3-7-29(24)41(31)18-22-8-9-22/h2-7,12-17,20,22,25,30,33H,8-11,18-19,21,37H2,1H3. The minimum absolute atomic E-state index is 0.000422.